The molecule has 0 saturated carbocycles. The second-order valence-corrected chi connectivity index (χ2v) is 6.33. The maximum atomic E-state index is 4.80. The van der Waals surface area contributed by atoms with Crippen LogP contribution in [0.3, 0.4) is 0 Å². The summed E-state index contributed by atoms with van der Waals surface area (Å²) in [5, 5.41) is 2.11. The van der Waals surface area contributed by atoms with E-state index in [2.05, 4.69) is 54.8 Å². The lowest BCUT2D eigenvalue weighted by Gasteiger charge is -2.04. The Hall–Kier alpha value is -2.58. The highest BCUT2D eigenvalue weighted by Gasteiger charge is 2.00. The molecular formula is C22H19NS. The van der Waals surface area contributed by atoms with E-state index in [-0.39, 0.29) is 0 Å². The van der Waals surface area contributed by atoms with Crippen molar-refractivity contribution >= 4 is 23.2 Å². The predicted octanol–water partition coefficient (Wildman–Crippen LogP) is 6.42. The number of thioether (sulfide) groups is 1. The van der Waals surface area contributed by atoms with Gasteiger partial charge < -0.3 is 0 Å². The number of para-hydroxylation sites is 1. The van der Waals surface area contributed by atoms with E-state index >= 15 is 0 Å². The second kappa shape index (κ2) is 8.32. The molecule has 0 aliphatic carbocycles. The number of benzene rings is 3. The van der Waals surface area contributed by atoms with E-state index in [1.165, 1.54) is 10.5 Å². The van der Waals surface area contributed by atoms with Crippen LogP contribution in [0.4, 0.5) is 5.69 Å². The Labute approximate surface area is 147 Å². The standard InChI is InChI=1S/C22H19NS/c1-18-10-8-9-15-22(18)24-17-16-21(19-11-4-2-5-12-19)23-20-13-6-3-7-14-20/h2-17H,1H3. The fraction of sp³-hybridized carbons (Fsp3) is 0.0455. The topological polar surface area (TPSA) is 12.4 Å². The molecule has 0 atom stereocenters. The van der Waals surface area contributed by atoms with Crippen LogP contribution in [0.1, 0.15) is 11.1 Å². The second-order valence-electron chi connectivity index (χ2n) is 5.38. The largest absolute Gasteiger partial charge is 0.248 e. The molecule has 24 heavy (non-hydrogen) atoms. The quantitative estimate of drug-likeness (QED) is 0.388. The van der Waals surface area contributed by atoms with E-state index in [0.29, 0.717) is 0 Å². The zero-order valence-corrected chi connectivity index (χ0v) is 14.4. The third-order valence-electron chi connectivity index (χ3n) is 3.59. The summed E-state index contributed by atoms with van der Waals surface area (Å²) in [4.78, 5) is 6.06. The molecule has 3 rings (SSSR count). The van der Waals surface area contributed by atoms with Crippen LogP contribution >= 0.6 is 11.8 Å². The minimum absolute atomic E-state index is 0.960. The third kappa shape index (κ3) is 4.46. The van der Waals surface area contributed by atoms with Gasteiger partial charge in [-0.05, 0) is 42.2 Å². The zero-order chi connectivity index (χ0) is 16.6. The lowest BCUT2D eigenvalue weighted by molar-refractivity contribution is 1.31. The number of nitrogens with zero attached hydrogens (tertiary/aromatic N) is 1. The summed E-state index contributed by atoms with van der Waals surface area (Å²) in [5.41, 5.74) is 4.32. The van der Waals surface area contributed by atoms with E-state index in [9.17, 15) is 0 Å². The lowest BCUT2D eigenvalue weighted by Crippen LogP contribution is -1.95. The van der Waals surface area contributed by atoms with Gasteiger partial charge in [0.1, 0.15) is 0 Å². The molecular weight excluding hydrogens is 310 g/mol. The Kier molecular flexibility index (Phi) is 5.65. The molecule has 0 saturated heterocycles. The molecule has 118 valence electrons. The molecule has 0 heterocycles. The van der Waals surface area contributed by atoms with E-state index in [4.69, 9.17) is 4.99 Å². The highest BCUT2D eigenvalue weighted by Crippen LogP contribution is 2.23. The third-order valence-corrected chi connectivity index (χ3v) is 4.57. The molecule has 0 N–H and O–H groups in total. The summed E-state index contributed by atoms with van der Waals surface area (Å²) >= 11 is 1.72. The number of rotatable bonds is 5. The van der Waals surface area contributed by atoms with Crippen molar-refractivity contribution in [2.75, 3.05) is 0 Å². The molecule has 0 bridgehead atoms. The smallest absolute Gasteiger partial charge is 0.0714 e. The van der Waals surface area contributed by atoms with Crippen molar-refractivity contribution in [3.63, 3.8) is 0 Å². The molecule has 0 amide bonds. The van der Waals surface area contributed by atoms with Crippen LogP contribution in [0.2, 0.25) is 0 Å². The summed E-state index contributed by atoms with van der Waals surface area (Å²) in [7, 11) is 0. The van der Waals surface area contributed by atoms with E-state index in [0.717, 1.165) is 17.0 Å². The Morgan fingerprint density at radius 3 is 2.12 bits per heavy atom. The average Bonchev–Trinajstić information content (AvgIpc) is 2.64. The fourth-order valence-electron chi connectivity index (χ4n) is 2.31. The summed E-state index contributed by atoms with van der Waals surface area (Å²) < 4.78 is 0. The maximum absolute atomic E-state index is 4.80. The van der Waals surface area contributed by atoms with Crippen LogP contribution in [0.25, 0.3) is 0 Å². The first-order valence-corrected chi connectivity index (χ1v) is 8.79. The van der Waals surface area contributed by atoms with Crippen molar-refractivity contribution in [3.05, 3.63) is 108 Å². The van der Waals surface area contributed by atoms with Gasteiger partial charge >= 0.3 is 0 Å². The van der Waals surface area contributed by atoms with Gasteiger partial charge in [-0.15, -0.1) is 0 Å². The van der Waals surface area contributed by atoms with Crippen LogP contribution in [0.15, 0.2) is 106 Å². The van der Waals surface area contributed by atoms with Gasteiger partial charge in [-0.25, -0.2) is 4.99 Å². The Morgan fingerprint density at radius 1 is 0.792 bits per heavy atom. The van der Waals surface area contributed by atoms with Crippen molar-refractivity contribution in [2.45, 2.75) is 11.8 Å². The van der Waals surface area contributed by atoms with Crippen molar-refractivity contribution in [2.24, 2.45) is 4.99 Å². The monoisotopic (exact) mass is 329 g/mol. The molecule has 0 aliphatic rings. The van der Waals surface area contributed by atoms with E-state index in [1.54, 1.807) is 11.8 Å². The van der Waals surface area contributed by atoms with Gasteiger partial charge in [0, 0.05) is 10.5 Å². The summed E-state index contributed by atoms with van der Waals surface area (Å²) in [6.07, 6.45) is 2.08. The summed E-state index contributed by atoms with van der Waals surface area (Å²) in [5.74, 6) is 0. The molecule has 3 aromatic carbocycles. The summed E-state index contributed by atoms with van der Waals surface area (Å²) in [6, 6.07) is 28.7. The van der Waals surface area contributed by atoms with Crippen molar-refractivity contribution in [1.82, 2.24) is 0 Å². The van der Waals surface area contributed by atoms with Gasteiger partial charge in [0.05, 0.1) is 11.4 Å². The number of allylic oxidation sites excluding steroid dienone is 1. The molecule has 0 spiro atoms. The van der Waals surface area contributed by atoms with E-state index < -0.39 is 0 Å². The minimum Gasteiger partial charge on any atom is -0.248 e. The number of aliphatic imine (C=N–C) groups is 1. The molecule has 0 radical (unpaired) electrons. The molecule has 0 aliphatic heterocycles. The highest BCUT2D eigenvalue weighted by molar-refractivity contribution is 8.02. The van der Waals surface area contributed by atoms with Gasteiger partial charge in [0.15, 0.2) is 0 Å². The number of hydrogen-bond donors (Lipinski definition) is 0. The first-order chi connectivity index (χ1) is 11.8. The first kappa shape index (κ1) is 16.3. The predicted molar refractivity (Wildman–Crippen MR) is 105 cm³/mol. The lowest BCUT2D eigenvalue weighted by atomic mass is 10.1. The minimum atomic E-state index is 0.960. The molecule has 3 aromatic rings. The Morgan fingerprint density at radius 2 is 1.42 bits per heavy atom. The zero-order valence-electron chi connectivity index (χ0n) is 13.6. The highest BCUT2D eigenvalue weighted by atomic mass is 32.2. The molecule has 2 heteroatoms. The van der Waals surface area contributed by atoms with Gasteiger partial charge in [-0.3, -0.25) is 0 Å². The van der Waals surface area contributed by atoms with Gasteiger partial charge in [0.25, 0.3) is 0 Å². The Bertz CT molecular complexity index is 836. The number of aryl methyl sites for hydroxylation is 1. The van der Waals surface area contributed by atoms with Gasteiger partial charge in [-0.1, -0.05) is 78.5 Å². The normalized spacial score (nSPS) is 11.8. The van der Waals surface area contributed by atoms with Crippen LogP contribution in [-0.2, 0) is 0 Å². The van der Waals surface area contributed by atoms with Crippen LogP contribution in [0, 0.1) is 6.92 Å². The molecule has 0 fully saturated rings. The maximum Gasteiger partial charge on any atom is 0.0714 e. The first-order valence-electron chi connectivity index (χ1n) is 7.91. The molecule has 0 unspecified atom stereocenters. The van der Waals surface area contributed by atoms with Gasteiger partial charge in [0.2, 0.25) is 0 Å². The van der Waals surface area contributed by atoms with Crippen molar-refractivity contribution in [3.8, 4) is 0 Å². The van der Waals surface area contributed by atoms with Crippen LogP contribution in [-0.4, -0.2) is 5.71 Å². The van der Waals surface area contributed by atoms with Gasteiger partial charge in [-0.2, -0.15) is 0 Å². The number of hydrogen-bond acceptors (Lipinski definition) is 2. The SMILES string of the molecule is Cc1ccccc1SC=CC(=Nc1ccccc1)c1ccccc1. The average molecular weight is 329 g/mol. The van der Waals surface area contributed by atoms with Crippen LogP contribution < -0.4 is 0 Å². The van der Waals surface area contributed by atoms with Crippen molar-refractivity contribution < 1.29 is 0 Å². The van der Waals surface area contributed by atoms with E-state index in [1.807, 2.05) is 48.5 Å². The van der Waals surface area contributed by atoms with Crippen molar-refractivity contribution in [1.29, 1.82) is 0 Å². The molecule has 0 aromatic heterocycles. The fourth-order valence-corrected chi connectivity index (χ4v) is 3.06. The molecule has 1 nitrogen and oxygen atoms in total. The van der Waals surface area contributed by atoms with Crippen LogP contribution in [0.5, 0.6) is 0 Å². The summed E-state index contributed by atoms with van der Waals surface area (Å²) in [6.45, 7) is 2.13. The Balaban J connectivity index is 1.87.